The van der Waals surface area contributed by atoms with Crippen LogP contribution in [0.25, 0.3) is 0 Å². The summed E-state index contributed by atoms with van der Waals surface area (Å²) < 4.78 is 31.7. The number of alkyl halides is 2. The lowest BCUT2D eigenvalue weighted by molar-refractivity contribution is -0.144. The third-order valence-corrected chi connectivity index (χ3v) is 4.01. The van der Waals surface area contributed by atoms with Crippen molar-refractivity contribution in [3.63, 3.8) is 0 Å². The van der Waals surface area contributed by atoms with Gasteiger partial charge in [0.1, 0.15) is 5.49 Å². The smallest absolute Gasteiger partial charge is 0.333 e. The highest BCUT2D eigenvalue weighted by Crippen LogP contribution is 2.23. The van der Waals surface area contributed by atoms with Crippen LogP contribution in [0.4, 0.5) is 14.5 Å². The van der Waals surface area contributed by atoms with Crippen LogP contribution in [-0.2, 0) is 9.53 Å². The summed E-state index contributed by atoms with van der Waals surface area (Å²) in [6, 6.07) is 7.17. The number of pyridine rings is 1. The number of rotatable bonds is 6. The fourth-order valence-corrected chi connectivity index (χ4v) is 2.56. The summed E-state index contributed by atoms with van der Waals surface area (Å²) in [6.07, 6.45) is -1.85. The van der Waals surface area contributed by atoms with Gasteiger partial charge in [-0.05, 0) is 43.2 Å². The number of halogens is 3. The Labute approximate surface area is 159 Å². The number of ether oxygens (including phenoxy) is 1. The molecule has 0 spiro atoms. The molecule has 2 rings (SSSR count). The maximum Gasteiger partial charge on any atom is 0.333 e. The minimum atomic E-state index is -3.04. The number of aryl methyl sites for hydroxylation is 1. The Kier molecular flexibility index (Phi) is 6.68. The molecule has 3 N–H and O–H groups in total. The number of aromatic nitrogens is 1. The Morgan fingerprint density at radius 3 is 2.52 bits per heavy atom. The van der Waals surface area contributed by atoms with E-state index in [9.17, 15) is 13.6 Å². The molecule has 1 unspecified atom stereocenters. The van der Waals surface area contributed by atoms with Crippen LogP contribution >= 0.6 is 11.6 Å². The molecule has 144 valence electrons. The molecule has 1 aromatic carbocycles. The second kappa shape index (κ2) is 8.77. The number of benzene rings is 1. The summed E-state index contributed by atoms with van der Waals surface area (Å²) in [5.41, 5.74) is 0.997. The zero-order valence-corrected chi connectivity index (χ0v) is 15.5. The topological polar surface area (TPSA) is 91.0 Å². The lowest BCUT2D eigenvalue weighted by Crippen LogP contribution is -2.33. The van der Waals surface area contributed by atoms with Crippen molar-refractivity contribution in [2.75, 3.05) is 11.9 Å². The SMILES string of the molecule is CCOC(=O)C(Nc1cc(C)c(=N)n(C(=N)C(F)F)c1)c1ccc(Cl)cc1. The third kappa shape index (κ3) is 4.91. The Bertz CT molecular complexity index is 897. The first-order valence-electron chi connectivity index (χ1n) is 8.08. The number of nitrogens with zero attached hydrogens (tertiary/aromatic N) is 1. The summed E-state index contributed by atoms with van der Waals surface area (Å²) in [5, 5.41) is 18.8. The van der Waals surface area contributed by atoms with Crippen LogP contribution in [0.3, 0.4) is 0 Å². The molecule has 0 saturated heterocycles. The second-order valence-corrected chi connectivity index (χ2v) is 6.13. The van der Waals surface area contributed by atoms with Gasteiger partial charge in [-0.3, -0.25) is 15.4 Å². The number of anilines is 1. The van der Waals surface area contributed by atoms with E-state index in [1.54, 1.807) is 44.2 Å². The summed E-state index contributed by atoms with van der Waals surface area (Å²) in [4.78, 5) is 12.4. The molecule has 0 bridgehead atoms. The van der Waals surface area contributed by atoms with E-state index in [1.807, 2.05) is 0 Å². The van der Waals surface area contributed by atoms with Crippen molar-refractivity contribution in [2.45, 2.75) is 26.3 Å². The predicted octanol–water partition coefficient (Wildman–Crippen LogP) is 3.74. The number of nitrogens with one attached hydrogen (secondary N) is 3. The molecule has 9 heteroatoms. The predicted molar refractivity (Wildman–Crippen MR) is 98.6 cm³/mol. The number of carbonyl (C=O) groups excluding carboxylic acids is 1. The van der Waals surface area contributed by atoms with Crippen molar-refractivity contribution in [1.29, 1.82) is 10.8 Å². The summed E-state index contributed by atoms with van der Waals surface area (Å²) >= 11 is 5.89. The van der Waals surface area contributed by atoms with Gasteiger partial charge in [-0.2, -0.15) is 0 Å². The highest BCUT2D eigenvalue weighted by atomic mass is 35.5. The molecule has 6 nitrogen and oxygen atoms in total. The number of hydrogen-bond donors (Lipinski definition) is 3. The highest BCUT2D eigenvalue weighted by molar-refractivity contribution is 6.30. The first kappa shape index (κ1) is 20.6. The fraction of sp³-hybridized carbons (Fsp3) is 0.278. The van der Waals surface area contributed by atoms with E-state index in [4.69, 9.17) is 27.2 Å². The van der Waals surface area contributed by atoms with Crippen molar-refractivity contribution in [3.05, 3.63) is 58.2 Å². The molecule has 0 radical (unpaired) electrons. The maximum absolute atomic E-state index is 12.9. The molecule has 1 atom stereocenters. The van der Waals surface area contributed by atoms with Gasteiger partial charge in [0.2, 0.25) is 0 Å². The van der Waals surface area contributed by atoms with Gasteiger partial charge in [0.05, 0.1) is 12.3 Å². The molecule has 2 aromatic rings. The van der Waals surface area contributed by atoms with Crippen molar-refractivity contribution < 1.29 is 18.3 Å². The minimum Gasteiger partial charge on any atom is -0.464 e. The van der Waals surface area contributed by atoms with E-state index in [-0.39, 0.29) is 12.1 Å². The van der Waals surface area contributed by atoms with E-state index >= 15 is 0 Å². The van der Waals surface area contributed by atoms with Gasteiger partial charge in [-0.15, -0.1) is 0 Å². The Balaban J connectivity index is 2.45. The van der Waals surface area contributed by atoms with Crippen LogP contribution in [0.2, 0.25) is 5.02 Å². The Hall–Kier alpha value is -2.74. The molecule has 0 saturated carbocycles. The molecular formula is C18H19ClF2N4O2. The van der Waals surface area contributed by atoms with Gasteiger partial charge in [0.25, 0.3) is 6.43 Å². The van der Waals surface area contributed by atoms with E-state index < -0.39 is 24.3 Å². The molecular weight excluding hydrogens is 378 g/mol. The average Bonchev–Trinajstić information content (AvgIpc) is 2.62. The first-order chi connectivity index (χ1) is 12.7. The Morgan fingerprint density at radius 2 is 1.96 bits per heavy atom. The average molecular weight is 397 g/mol. The number of hydrogen-bond acceptors (Lipinski definition) is 5. The quantitative estimate of drug-likeness (QED) is 0.394. The van der Waals surface area contributed by atoms with Crippen molar-refractivity contribution in [3.8, 4) is 0 Å². The van der Waals surface area contributed by atoms with Crippen LogP contribution in [0.15, 0.2) is 36.5 Å². The third-order valence-electron chi connectivity index (χ3n) is 3.76. The van der Waals surface area contributed by atoms with Crippen molar-refractivity contribution in [1.82, 2.24) is 4.57 Å². The highest BCUT2D eigenvalue weighted by Gasteiger charge is 2.23. The standard InChI is InChI=1S/C18H19ClF2N4O2/c1-3-27-18(26)14(11-4-6-12(19)7-5-11)24-13-8-10(2)16(22)25(9-13)17(23)15(20)21/h4-9,14-15,22-24H,3H2,1-2H3. The lowest BCUT2D eigenvalue weighted by atomic mass is 10.1. The second-order valence-electron chi connectivity index (χ2n) is 5.70. The molecule has 1 aromatic heterocycles. The minimum absolute atomic E-state index is 0.172. The molecule has 27 heavy (non-hydrogen) atoms. The van der Waals surface area contributed by atoms with Gasteiger partial charge in [-0.25, -0.2) is 13.6 Å². The van der Waals surface area contributed by atoms with Crippen LogP contribution in [0, 0.1) is 17.7 Å². The monoisotopic (exact) mass is 396 g/mol. The van der Waals surface area contributed by atoms with Crippen LogP contribution < -0.4 is 10.8 Å². The van der Waals surface area contributed by atoms with Crippen molar-refractivity contribution in [2.24, 2.45) is 0 Å². The van der Waals surface area contributed by atoms with Gasteiger partial charge in [0, 0.05) is 11.2 Å². The van der Waals surface area contributed by atoms with Crippen molar-refractivity contribution >= 4 is 29.1 Å². The largest absolute Gasteiger partial charge is 0.464 e. The summed E-state index contributed by atoms with van der Waals surface area (Å²) in [6.45, 7) is 3.41. The lowest BCUT2D eigenvalue weighted by Gasteiger charge is -2.20. The van der Waals surface area contributed by atoms with Crippen LogP contribution in [-0.4, -0.2) is 29.4 Å². The first-order valence-corrected chi connectivity index (χ1v) is 8.45. The van der Waals surface area contributed by atoms with E-state index in [1.165, 1.54) is 6.20 Å². The normalized spacial score (nSPS) is 11.9. The van der Waals surface area contributed by atoms with Gasteiger partial charge >= 0.3 is 5.97 Å². The molecule has 0 aliphatic rings. The number of carbonyl (C=O) groups is 1. The zero-order chi connectivity index (χ0) is 20.1. The zero-order valence-electron chi connectivity index (χ0n) is 14.7. The van der Waals surface area contributed by atoms with E-state index in [2.05, 4.69) is 5.32 Å². The molecule has 1 heterocycles. The molecule has 0 fully saturated rings. The van der Waals surface area contributed by atoms with Crippen LogP contribution in [0.5, 0.6) is 0 Å². The number of esters is 1. The van der Waals surface area contributed by atoms with Gasteiger partial charge in [-0.1, -0.05) is 23.7 Å². The van der Waals surface area contributed by atoms with Gasteiger partial charge < -0.3 is 10.1 Å². The molecule has 0 amide bonds. The fourth-order valence-electron chi connectivity index (χ4n) is 2.43. The summed E-state index contributed by atoms with van der Waals surface area (Å²) in [5.74, 6) is -1.58. The van der Waals surface area contributed by atoms with Gasteiger partial charge in [0.15, 0.2) is 11.9 Å². The Morgan fingerprint density at radius 1 is 1.33 bits per heavy atom. The van der Waals surface area contributed by atoms with E-state index in [0.717, 1.165) is 4.57 Å². The van der Waals surface area contributed by atoms with Crippen LogP contribution in [0.1, 0.15) is 24.1 Å². The molecule has 0 aliphatic heterocycles. The summed E-state index contributed by atoms with van der Waals surface area (Å²) in [7, 11) is 0. The van der Waals surface area contributed by atoms with E-state index in [0.29, 0.717) is 21.8 Å². The molecule has 0 aliphatic carbocycles. The maximum atomic E-state index is 12.9.